The number of nitrogens with zero attached hydrogens (tertiary/aromatic N) is 6. The van der Waals surface area contributed by atoms with Gasteiger partial charge in [-0.25, -0.2) is 9.37 Å². The minimum absolute atomic E-state index is 0.0141. The van der Waals surface area contributed by atoms with Crippen molar-refractivity contribution < 1.29 is 19.0 Å². The first-order valence-corrected chi connectivity index (χ1v) is 15.8. The Morgan fingerprint density at radius 2 is 1.87 bits per heavy atom. The number of halogens is 1. The number of pyridine rings is 2. The molecule has 2 aliphatic rings. The maximum atomic E-state index is 15.8. The third kappa shape index (κ3) is 6.70. The molecule has 1 aliphatic heterocycles. The number of aromatic nitrogens is 4. The highest BCUT2D eigenvalue weighted by molar-refractivity contribution is 6.05. The van der Waals surface area contributed by atoms with Gasteiger partial charge < -0.3 is 24.2 Å². The summed E-state index contributed by atoms with van der Waals surface area (Å²) in [5.74, 6) is -0.136. The lowest BCUT2D eigenvalue weighted by Crippen LogP contribution is -2.37. The average molecular weight is 616 g/mol. The van der Waals surface area contributed by atoms with Gasteiger partial charge in [0.2, 0.25) is 5.95 Å². The number of rotatable bonds is 9. The molecule has 11 heteroatoms. The Hall–Kier alpha value is -3.93. The number of carbonyl (C=O) groups is 1. The molecule has 45 heavy (non-hydrogen) atoms. The van der Waals surface area contributed by atoms with Gasteiger partial charge >= 0.3 is 0 Å². The number of amides is 1. The summed E-state index contributed by atoms with van der Waals surface area (Å²) in [6.45, 7) is 4.28. The van der Waals surface area contributed by atoms with E-state index >= 15 is 4.39 Å². The predicted molar refractivity (Wildman–Crippen MR) is 172 cm³/mol. The van der Waals surface area contributed by atoms with E-state index in [0.29, 0.717) is 36.0 Å². The van der Waals surface area contributed by atoms with Gasteiger partial charge in [0.05, 0.1) is 35.4 Å². The van der Waals surface area contributed by atoms with Gasteiger partial charge in [0, 0.05) is 37.7 Å². The summed E-state index contributed by atoms with van der Waals surface area (Å²) in [6.07, 6.45) is 9.17. The highest BCUT2D eigenvalue weighted by atomic mass is 19.1. The molecule has 2 N–H and O–H groups in total. The molecule has 1 saturated carbocycles. The number of anilines is 1. The van der Waals surface area contributed by atoms with E-state index < -0.39 is 11.7 Å². The lowest BCUT2D eigenvalue weighted by Gasteiger charge is -2.33. The topological polar surface area (TPSA) is 109 Å². The second-order valence-electron chi connectivity index (χ2n) is 12.5. The molecule has 1 saturated heterocycles. The minimum atomic E-state index is -0.760. The SMILES string of the molecule is COc1ccncc1-c1nccc(C(=O)Nc2nc3ccc(C4CCN(CCN(C)C)CC4)cc3n2C2CCC(O)CC2)c1F. The third-order valence-corrected chi connectivity index (χ3v) is 9.28. The van der Waals surface area contributed by atoms with Crippen LogP contribution in [0.3, 0.4) is 0 Å². The van der Waals surface area contributed by atoms with Gasteiger partial charge in [0.1, 0.15) is 11.4 Å². The predicted octanol–water partition coefficient (Wildman–Crippen LogP) is 5.11. The molecule has 3 aromatic heterocycles. The standard InChI is InChI=1S/C34H42FN7O3/c1-40(2)18-19-41-16-12-22(13-17-41)23-4-9-28-29(20-23)42(24-5-7-25(43)8-6-24)34(38-28)39-33(44)26-10-15-37-32(31(26)35)27-21-36-14-11-30(27)45-3/h4,9-11,14-15,20-22,24-25,43H,5-8,12-13,16-19H2,1-3H3,(H,38,39,44). The molecule has 2 fully saturated rings. The number of benzene rings is 1. The molecule has 4 aromatic rings. The average Bonchev–Trinajstić information content (AvgIpc) is 3.41. The number of aliphatic hydroxyl groups is 1. The van der Waals surface area contributed by atoms with Gasteiger partial charge in [-0.2, -0.15) is 0 Å². The molecule has 6 rings (SSSR count). The van der Waals surface area contributed by atoms with Crippen LogP contribution in [0.4, 0.5) is 10.3 Å². The summed E-state index contributed by atoms with van der Waals surface area (Å²) in [7, 11) is 5.71. The number of likely N-dealkylation sites (N-methyl/N-ethyl adjacent to an activating group) is 1. The number of ether oxygens (including phenoxy) is 1. The van der Waals surface area contributed by atoms with Crippen LogP contribution < -0.4 is 10.1 Å². The Kier molecular flexibility index (Phi) is 9.39. The fourth-order valence-corrected chi connectivity index (χ4v) is 6.68. The molecule has 1 aromatic carbocycles. The van der Waals surface area contributed by atoms with Crippen LogP contribution in [0.15, 0.2) is 48.9 Å². The van der Waals surface area contributed by atoms with Crippen molar-refractivity contribution in [2.24, 2.45) is 0 Å². The second-order valence-corrected chi connectivity index (χ2v) is 12.5. The zero-order chi connectivity index (χ0) is 31.5. The van der Waals surface area contributed by atoms with E-state index in [9.17, 15) is 9.90 Å². The highest BCUT2D eigenvalue weighted by Crippen LogP contribution is 2.37. The molecule has 1 aliphatic carbocycles. The highest BCUT2D eigenvalue weighted by Gasteiger charge is 2.28. The Labute approximate surface area is 263 Å². The maximum absolute atomic E-state index is 15.8. The van der Waals surface area contributed by atoms with Crippen LogP contribution in [0.2, 0.25) is 0 Å². The number of fused-ring (bicyclic) bond motifs is 1. The first-order chi connectivity index (χ1) is 21.8. The van der Waals surface area contributed by atoms with Crippen LogP contribution in [-0.4, -0.2) is 93.8 Å². The van der Waals surface area contributed by atoms with Crippen molar-refractivity contribution in [2.45, 2.75) is 56.6 Å². The minimum Gasteiger partial charge on any atom is -0.496 e. The summed E-state index contributed by atoms with van der Waals surface area (Å²) in [5.41, 5.74) is 3.20. The third-order valence-electron chi connectivity index (χ3n) is 9.28. The summed E-state index contributed by atoms with van der Waals surface area (Å²) in [5, 5.41) is 13.2. The van der Waals surface area contributed by atoms with E-state index in [2.05, 4.69) is 55.9 Å². The van der Waals surface area contributed by atoms with Gasteiger partial charge in [0.15, 0.2) is 5.82 Å². The maximum Gasteiger partial charge on any atom is 0.261 e. The van der Waals surface area contributed by atoms with E-state index in [1.54, 1.807) is 12.3 Å². The molecule has 238 valence electrons. The summed E-state index contributed by atoms with van der Waals surface area (Å²) in [6, 6.07) is 9.45. The summed E-state index contributed by atoms with van der Waals surface area (Å²) < 4.78 is 23.3. The number of imidazole rings is 1. The van der Waals surface area contributed by atoms with Crippen molar-refractivity contribution in [1.82, 2.24) is 29.3 Å². The zero-order valence-electron chi connectivity index (χ0n) is 26.2. The van der Waals surface area contributed by atoms with E-state index in [1.807, 2.05) is 6.07 Å². The number of aliphatic hydroxyl groups excluding tert-OH is 1. The van der Waals surface area contributed by atoms with Crippen LogP contribution in [0.25, 0.3) is 22.3 Å². The molecule has 0 atom stereocenters. The van der Waals surface area contributed by atoms with Gasteiger partial charge in [0.25, 0.3) is 5.91 Å². The van der Waals surface area contributed by atoms with Crippen molar-refractivity contribution in [1.29, 1.82) is 0 Å². The summed E-state index contributed by atoms with van der Waals surface area (Å²) in [4.78, 5) is 31.5. The van der Waals surface area contributed by atoms with Gasteiger partial charge in [-0.3, -0.25) is 20.1 Å². The Morgan fingerprint density at radius 1 is 1.09 bits per heavy atom. The normalized spacial score (nSPS) is 19.7. The Bertz CT molecular complexity index is 1640. The van der Waals surface area contributed by atoms with E-state index in [1.165, 1.54) is 31.1 Å². The number of nitrogens with one attached hydrogen (secondary N) is 1. The molecular weight excluding hydrogens is 573 g/mol. The van der Waals surface area contributed by atoms with Crippen LogP contribution in [0, 0.1) is 5.82 Å². The number of methoxy groups -OCH3 is 1. The molecule has 10 nitrogen and oxygen atoms in total. The Balaban J connectivity index is 1.30. The number of likely N-dealkylation sites (tertiary alicyclic amines) is 1. The molecular formula is C34H42FN7O3. The van der Waals surface area contributed by atoms with Crippen molar-refractivity contribution in [3.63, 3.8) is 0 Å². The monoisotopic (exact) mass is 615 g/mol. The van der Waals surface area contributed by atoms with Gasteiger partial charge in [-0.15, -0.1) is 0 Å². The zero-order valence-corrected chi connectivity index (χ0v) is 26.2. The number of carbonyl (C=O) groups excluding carboxylic acids is 1. The van der Waals surface area contributed by atoms with Crippen LogP contribution in [-0.2, 0) is 0 Å². The van der Waals surface area contributed by atoms with Crippen molar-refractivity contribution >= 4 is 22.9 Å². The largest absolute Gasteiger partial charge is 0.496 e. The van der Waals surface area contributed by atoms with Crippen molar-refractivity contribution in [3.05, 3.63) is 65.9 Å². The van der Waals surface area contributed by atoms with Crippen molar-refractivity contribution in [2.75, 3.05) is 52.7 Å². The number of hydrogen-bond acceptors (Lipinski definition) is 8. The van der Waals surface area contributed by atoms with Crippen LogP contribution >= 0.6 is 0 Å². The van der Waals surface area contributed by atoms with Crippen LogP contribution in [0.1, 0.15) is 66.4 Å². The molecule has 0 bridgehead atoms. The number of piperidine rings is 1. The van der Waals surface area contributed by atoms with Crippen LogP contribution in [0.5, 0.6) is 5.75 Å². The quantitative estimate of drug-likeness (QED) is 0.268. The molecule has 0 radical (unpaired) electrons. The first-order valence-electron chi connectivity index (χ1n) is 15.8. The lowest BCUT2D eigenvalue weighted by molar-refractivity contribution is 0.101. The fourth-order valence-electron chi connectivity index (χ4n) is 6.68. The second kappa shape index (κ2) is 13.6. The lowest BCUT2D eigenvalue weighted by atomic mass is 9.89. The van der Waals surface area contributed by atoms with Crippen molar-refractivity contribution in [3.8, 4) is 17.0 Å². The summed E-state index contributed by atoms with van der Waals surface area (Å²) >= 11 is 0. The van der Waals surface area contributed by atoms with E-state index in [4.69, 9.17) is 9.72 Å². The molecule has 0 unspecified atom stereocenters. The fraction of sp³-hybridized carbons (Fsp3) is 0.471. The smallest absolute Gasteiger partial charge is 0.261 e. The van der Waals surface area contributed by atoms with Gasteiger partial charge in [-0.05, 0) is 101 Å². The molecule has 4 heterocycles. The van der Waals surface area contributed by atoms with E-state index in [-0.39, 0.29) is 23.4 Å². The Morgan fingerprint density at radius 3 is 2.60 bits per heavy atom. The van der Waals surface area contributed by atoms with E-state index in [0.717, 1.165) is 62.9 Å². The first kappa shape index (κ1) is 31.1. The molecule has 1 amide bonds. The molecule has 0 spiro atoms. The number of hydrogen-bond donors (Lipinski definition) is 2. The van der Waals surface area contributed by atoms with Gasteiger partial charge in [-0.1, -0.05) is 6.07 Å².